The van der Waals surface area contributed by atoms with Crippen molar-refractivity contribution in [3.8, 4) is 0 Å². The molecule has 0 aromatic heterocycles. The largest absolute Gasteiger partial charge is 0.461 e. The van der Waals surface area contributed by atoms with Gasteiger partial charge in [-0.25, -0.2) is 4.79 Å². The summed E-state index contributed by atoms with van der Waals surface area (Å²) < 4.78 is 4.65. The maximum absolute atomic E-state index is 11.1. The Morgan fingerprint density at radius 1 is 1.44 bits per heavy atom. The quantitative estimate of drug-likeness (QED) is 0.515. The number of carbonyl (C=O) groups is 1. The van der Waals surface area contributed by atoms with Crippen molar-refractivity contribution in [3.05, 3.63) is 29.3 Å². The van der Waals surface area contributed by atoms with E-state index in [0.29, 0.717) is 10.7 Å². The molecular weight excluding hydrogens is 251 g/mol. The fourth-order valence-corrected chi connectivity index (χ4v) is 1.10. The molecule has 1 rings (SSSR count). The first-order chi connectivity index (χ1) is 7.63. The van der Waals surface area contributed by atoms with E-state index in [1.165, 1.54) is 0 Å². The highest BCUT2D eigenvalue weighted by Gasteiger charge is 2.08. The summed E-state index contributed by atoms with van der Waals surface area (Å²) in [6.45, 7) is 1.94. The lowest BCUT2D eigenvalue weighted by Gasteiger charge is -2.01. The van der Waals surface area contributed by atoms with Crippen molar-refractivity contribution in [2.24, 2.45) is 5.10 Å². The van der Waals surface area contributed by atoms with E-state index >= 15 is 0 Å². The molecule has 0 amide bonds. The molecule has 0 fully saturated rings. The summed E-state index contributed by atoms with van der Waals surface area (Å²) >= 11 is 11.3. The molecule has 1 N–H and O–H groups in total. The number of benzene rings is 1. The molecule has 86 valence electrons. The summed E-state index contributed by atoms with van der Waals surface area (Å²) in [5, 5.41) is 4.02. The highest BCUT2D eigenvalue weighted by molar-refractivity contribution is 6.82. The molecule has 1 aromatic carbocycles. The summed E-state index contributed by atoms with van der Waals surface area (Å²) in [5.74, 6) is -0.661. The maximum atomic E-state index is 11.1. The number of halogens is 2. The second-order valence-corrected chi connectivity index (χ2v) is 3.54. The van der Waals surface area contributed by atoms with Crippen LogP contribution in [0.15, 0.2) is 29.4 Å². The van der Waals surface area contributed by atoms with Crippen LogP contribution in [0, 0.1) is 0 Å². The van der Waals surface area contributed by atoms with Crippen LogP contribution in [0.5, 0.6) is 0 Å². The molecule has 16 heavy (non-hydrogen) atoms. The molecule has 0 aliphatic rings. The van der Waals surface area contributed by atoms with Crippen LogP contribution in [-0.2, 0) is 9.53 Å². The minimum atomic E-state index is -0.661. The lowest BCUT2D eigenvalue weighted by Crippen LogP contribution is -2.13. The van der Waals surface area contributed by atoms with Crippen LogP contribution >= 0.6 is 23.2 Å². The summed E-state index contributed by atoms with van der Waals surface area (Å²) in [5.41, 5.74) is 3.28. The van der Waals surface area contributed by atoms with Crippen molar-refractivity contribution in [1.82, 2.24) is 0 Å². The fourth-order valence-electron chi connectivity index (χ4n) is 0.874. The summed E-state index contributed by atoms with van der Waals surface area (Å²) in [7, 11) is 0. The van der Waals surface area contributed by atoms with Gasteiger partial charge in [-0.3, -0.25) is 5.43 Å². The van der Waals surface area contributed by atoms with Crippen molar-refractivity contribution < 1.29 is 9.53 Å². The number of esters is 1. The van der Waals surface area contributed by atoms with E-state index in [1.807, 2.05) is 0 Å². The van der Waals surface area contributed by atoms with Gasteiger partial charge < -0.3 is 4.74 Å². The second-order valence-electron chi connectivity index (χ2n) is 2.74. The summed E-state index contributed by atoms with van der Waals surface area (Å²) in [6.07, 6.45) is 0. The number of hydrogen-bond acceptors (Lipinski definition) is 4. The average molecular weight is 261 g/mol. The van der Waals surface area contributed by atoms with Crippen molar-refractivity contribution in [3.63, 3.8) is 0 Å². The number of rotatable bonds is 4. The molecule has 6 heteroatoms. The van der Waals surface area contributed by atoms with E-state index < -0.39 is 5.97 Å². The number of nitrogens with one attached hydrogen (secondary N) is 1. The van der Waals surface area contributed by atoms with Crippen molar-refractivity contribution in [2.75, 3.05) is 12.0 Å². The zero-order chi connectivity index (χ0) is 12.0. The Kier molecular flexibility index (Phi) is 5.08. The third-order valence-corrected chi connectivity index (χ3v) is 2.06. The molecule has 0 saturated carbocycles. The van der Waals surface area contributed by atoms with Gasteiger partial charge in [-0.2, -0.15) is 5.10 Å². The van der Waals surface area contributed by atoms with E-state index in [2.05, 4.69) is 15.3 Å². The number of carbonyl (C=O) groups excluding carboxylic acids is 1. The fraction of sp³-hybridized carbons (Fsp3) is 0.200. The van der Waals surface area contributed by atoms with Crippen LogP contribution in [0.3, 0.4) is 0 Å². The van der Waals surface area contributed by atoms with Gasteiger partial charge in [0.1, 0.15) is 0 Å². The Hall–Kier alpha value is -1.26. The van der Waals surface area contributed by atoms with Gasteiger partial charge in [0.05, 0.1) is 12.3 Å². The van der Waals surface area contributed by atoms with Crippen LogP contribution < -0.4 is 5.43 Å². The van der Waals surface area contributed by atoms with Crippen LogP contribution in [-0.4, -0.2) is 17.7 Å². The van der Waals surface area contributed by atoms with E-state index in [9.17, 15) is 4.79 Å². The monoisotopic (exact) mass is 260 g/mol. The molecule has 0 unspecified atom stereocenters. The summed E-state index contributed by atoms with van der Waals surface area (Å²) in [6, 6.07) is 6.80. The number of hydrazone groups is 1. The first-order valence-electron chi connectivity index (χ1n) is 4.55. The summed E-state index contributed by atoms with van der Waals surface area (Å²) in [4.78, 5) is 11.1. The standard InChI is InChI=1S/C10H10Cl2N2O2/c1-2-16-10(15)9(12)14-13-8-5-3-7(11)4-6-8/h3-6,13H,2H2,1H3. The molecule has 0 aliphatic heterocycles. The molecule has 0 saturated heterocycles. The van der Waals surface area contributed by atoms with Crippen molar-refractivity contribution in [1.29, 1.82) is 0 Å². The molecular formula is C10H10Cl2N2O2. The van der Waals surface area contributed by atoms with E-state index in [-0.39, 0.29) is 11.8 Å². The SMILES string of the molecule is CCOC(=O)C(Cl)=NNc1ccc(Cl)cc1. The van der Waals surface area contributed by atoms with Crippen molar-refractivity contribution >= 4 is 40.0 Å². The normalized spacial score (nSPS) is 11.1. The third kappa shape index (κ3) is 4.08. The molecule has 0 atom stereocenters. The van der Waals surface area contributed by atoms with Crippen molar-refractivity contribution in [2.45, 2.75) is 6.92 Å². The van der Waals surface area contributed by atoms with Gasteiger partial charge in [0.2, 0.25) is 5.17 Å². The van der Waals surface area contributed by atoms with Crippen LogP contribution in [0.4, 0.5) is 5.69 Å². The van der Waals surface area contributed by atoms with Gasteiger partial charge in [-0.05, 0) is 31.2 Å². The van der Waals surface area contributed by atoms with Gasteiger partial charge in [0.25, 0.3) is 0 Å². The Morgan fingerprint density at radius 2 is 2.06 bits per heavy atom. The highest BCUT2D eigenvalue weighted by Crippen LogP contribution is 2.13. The molecule has 1 aromatic rings. The molecule has 0 radical (unpaired) electrons. The Bertz CT molecular complexity index is 390. The average Bonchev–Trinajstić information content (AvgIpc) is 2.28. The van der Waals surface area contributed by atoms with Crippen LogP contribution in [0.2, 0.25) is 5.02 Å². The second kappa shape index (κ2) is 6.35. The predicted molar refractivity (Wildman–Crippen MR) is 65.0 cm³/mol. The Labute approximate surface area is 103 Å². The first kappa shape index (κ1) is 12.8. The lowest BCUT2D eigenvalue weighted by atomic mass is 10.3. The molecule has 4 nitrogen and oxygen atoms in total. The molecule has 0 aliphatic carbocycles. The topological polar surface area (TPSA) is 50.7 Å². The highest BCUT2D eigenvalue weighted by atomic mass is 35.5. The Balaban J connectivity index is 2.58. The Morgan fingerprint density at radius 3 is 2.62 bits per heavy atom. The number of hydrogen-bond donors (Lipinski definition) is 1. The van der Waals surface area contributed by atoms with E-state index in [0.717, 1.165) is 0 Å². The van der Waals surface area contributed by atoms with Gasteiger partial charge in [0.15, 0.2) is 0 Å². The van der Waals surface area contributed by atoms with Gasteiger partial charge in [0, 0.05) is 5.02 Å². The van der Waals surface area contributed by atoms with E-state index in [1.54, 1.807) is 31.2 Å². The predicted octanol–water partition coefficient (Wildman–Crippen LogP) is 2.87. The van der Waals surface area contributed by atoms with Gasteiger partial charge >= 0.3 is 5.97 Å². The number of ether oxygens (including phenoxy) is 1. The zero-order valence-electron chi connectivity index (χ0n) is 8.54. The smallest absolute Gasteiger partial charge is 0.370 e. The minimum Gasteiger partial charge on any atom is -0.461 e. The molecule has 0 spiro atoms. The zero-order valence-corrected chi connectivity index (χ0v) is 10.0. The van der Waals surface area contributed by atoms with E-state index in [4.69, 9.17) is 23.2 Å². The number of nitrogens with zero attached hydrogens (tertiary/aromatic N) is 1. The third-order valence-electron chi connectivity index (χ3n) is 1.57. The number of anilines is 1. The van der Waals surface area contributed by atoms with Gasteiger partial charge in [-0.15, -0.1) is 0 Å². The molecule has 0 heterocycles. The van der Waals surface area contributed by atoms with Crippen LogP contribution in [0.25, 0.3) is 0 Å². The van der Waals surface area contributed by atoms with Crippen LogP contribution in [0.1, 0.15) is 6.92 Å². The van der Waals surface area contributed by atoms with Gasteiger partial charge in [-0.1, -0.05) is 23.2 Å². The minimum absolute atomic E-state index is 0.253. The first-order valence-corrected chi connectivity index (χ1v) is 5.31. The molecule has 0 bridgehead atoms. The lowest BCUT2D eigenvalue weighted by molar-refractivity contribution is -0.134. The maximum Gasteiger partial charge on any atom is 0.370 e.